The Labute approximate surface area is 201 Å². The summed E-state index contributed by atoms with van der Waals surface area (Å²) < 4.78 is 39.3. The summed E-state index contributed by atoms with van der Waals surface area (Å²) in [7, 11) is -3.72. The third-order valence-corrected chi connectivity index (χ3v) is 6.67. The molecule has 0 radical (unpaired) electrons. The van der Waals surface area contributed by atoms with Gasteiger partial charge in [-0.3, -0.25) is 4.79 Å². The molecule has 1 amide bonds. The number of hydrogen-bond acceptors (Lipinski definition) is 8. The van der Waals surface area contributed by atoms with E-state index in [1.807, 2.05) is 6.92 Å². The zero-order chi connectivity index (χ0) is 24.4. The molecule has 178 valence electrons. The van der Waals surface area contributed by atoms with E-state index in [1.165, 1.54) is 12.3 Å². The Hall–Kier alpha value is -4.25. The number of benzene rings is 2. The monoisotopic (exact) mass is 491 g/mol. The molecular formula is C24H21N5O5S. The van der Waals surface area contributed by atoms with E-state index < -0.39 is 10.0 Å². The lowest BCUT2D eigenvalue weighted by Gasteiger charge is -2.20. The van der Waals surface area contributed by atoms with Gasteiger partial charge in [-0.05, 0) is 55.0 Å². The SMILES string of the molecule is CCCN(Cc1nnc(-c2ccco2)o1)C(=O)c1ccc(NC2=NS(=O)(=O)c3ccccc32)cc1. The van der Waals surface area contributed by atoms with E-state index >= 15 is 0 Å². The fourth-order valence-electron chi connectivity index (χ4n) is 3.71. The Kier molecular flexibility index (Phi) is 5.91. The van der Waals surface area contributed by atoms with Gasteiger partial charge in [0.05, 0.1) is 12.8 Å². The van der Waals surface area contributed by atoms with Crippen LogP contribution in [-0.4, -0.2) is 41.8 Å². The average Bonchev–Trinajstić information content (AvgIpc) is 3.60. The zero-order valence-corrected chi connectivity index (χ0v) is 19.5. The van der Waals surface area contributed by atoms with Crippen LogP contribution >= 0.6 is 0 Å². The third kappa shape index (κ3) is 4.58. The number of carbonyl (C=O) groups is 1. The fourth-order valence-corrected chi connectivity index (χ4v) is 4.89. The predicted octanol–water partition coefficient (Wildman–Crippen LogP) is 3.94. The van der Waals surface area contributed by atoms with Crippen LogP contribution in [0.3, 0.4) is 0 Å². The lowest BCUT2D eigenvalue weighted by atomic mass is 10.1. The number of furan rings is 1. The molecule has 0 fully saturated rings. The highest BCUT2D eigenvalue weighted by Gasteiger charge is 2.28. The first kappa shape index (κ1) is 22.5. The van der Waals surface area contributed by atoms with Gasteiger partial charge in [0, 0.05) is 23.4 Å². The molecule has 5 rings (SSSR count). The Bertz CT molecular complexity index is 1490. The molecule has 0 unspecified atom stereocenters. The number of sulfonamides is 1. The molecule has 35 heavy (non-hydrogen) atoms. The van der Waals surface area contributed by atoms with Gasteiger partial charge in [-0.25, -0.2) is 0 Å². The van der Waals surface area contributed by atoms with Gasteiger partial charge in [0.25, 0.3) is 21.8 Å². The predicted molar refractivity (Wildman–Crippen MR) is 127 cm³/mol. The minimum absolute atomic E-state index is 0.159. The molecule has 10 nitrogen and oxygen atoms in total. The lowest BCUT2D eigenvalue weighted by Crippen LogP contribution is -2.31. The van der Waals surface area contributed by atoms with Crippen molar-refractivity contribution < 1.29 is 22.0 Å². The van der Waals surface area contributed by atoms with Gasteiger partial charge < -0.3 is 19.1 Å². The van der Waals surface area contributed by atoms with Crippen LogP contribution in [-0.2, 0) is 16.6 Å². The van der Waals surface area contributed by atoms with E-state index in [-0.39, 0.29) is 29.1 Å². The summed E-state index contributed by atoms with van der Waals surface area (Å²) in [6, 6.07) is 16.8. The number of nitrogens with zero attached hydrogens (tertiary/aromatic N) is 4. The summed E-state index contributed by atoms with van der Waals surface area (Å²) >= 11 is 0. The van der Waals surface area contributed by atoms with Crippen LogP contribution in [0.1, 0.15) is 35.2 Å². The van der Waals surface area contributed by atoms with Crippen molar-refractivity contribution in [1.29, 1.82) is 0 Å². The molecular weight excluding hydrogens is 470 g/mol. The van der Waals surface area contributed by atoms with E-state index in [0.717, 1.165) is 6.42 Å². The Morgan fingerprint density at radius 1 is 1.03 bits per heavy atom. The van der Waals surface area contributed by atoms with E-state index in [1.54, 1.807) is 59.5 Å². The maximum absolute atomic E-state index is 13.2. The fraction of sp³-hybridized carbons (Fsp3) is 0.167. The van der Waals surface area contributed by atoms with Crippen molar-refractivity contribution in [3.63, 3.8) is 0 Å². The van der Waals surface area contributed by atoms with E-state index in [4.69, 9.17) is 8.83 Å². The summed E-state index contributed by atoms with van der Waals surface area (Å²) in [5.74, 6) is 1.07. The van der Waals surface area contributed by atoms with Crippen LogP contribution in [0.5, 0.6) is 0 Å². The number of nitrogens with one attached hydrogen (secondary N) is 1. The quantitative estimate of drug-likeness (QED) is 0.411. The second-order valence-corrected chi connectivity index (χ2v) is 9.39. The largest absolute Gasteiger partial charge is 0.459 e. The highest BCUT2D eigenvalue weighted by Crippen LogP contribution is 2.27. The first-order valence-corrected chi connectivity index (χ1v) is 12.4. The van der Waals surface area contributed by atoms with Gasteiger partial charge in [-0.15, -0.1) is 14.6 Å². The molecule has 0 saturated heterocycles. The molecule has 3 heterocycles. The lowest BCUT2D eigenvalue weighted by molar-refractivity contribution is 0.0728. The summed E-state index contributed by atoms with van der Waals surface area (Å²) in [4.78, 5) is 15.0. The minimum atomic E-state index is -3.72. The molecule has 1 aliphatic rings. The van der Waals surface area contributed by atoms with Crippen molar-refractivity contribution in [3.05, 3.63) is 83.9 Å². The molecule has 2 aromatic heterocycles. The van der Waals surface area contributed by atoms with Gasteiger partial charge in [0.15, 0.2) is 11.6 Å². The van der Waals surface area contributed by atoms with Crippen LogP contribution < -0.4 is 5.32 Å². The van der Waals surface area contributed by atoms with Crippen LogP contribution in [0.25, 0.3) is 11.7 Å². The number of fused-ring (bicyclic) bond motifs is 1. The smallest absolute Gasteiger partial charge is 0.285 e. The van der Waals surface area contributed by atoms with Crippen LogP contribution in [0.2, 0.25) is 0 Å². The average molecular weight is 492 g/mol. The Morgan fingerprint density at radius 2 is 1.83 bits per heavy atom. The molecule has 1 aliphatic heterocycles. The Balaban J connectivity index is 1.30. The van der Waals surface area contributed by atoms with Crippen molar-refractivity contribution in [1.82, 2.24) is 15.1 Å². The first-order chi connectivity index (χ1) is 16.9. The molecule has 11 heteroatoms. The van der Waals surface area contributed by atoms with Crippen LogP contribution in [0, 0.1) is 0 Å². The standard InChI is InChI=1S/C24H21N5O5S/c1-2-13-29(15-21-26-27-23(34-21)19-7-5-14-33-19)24(30)16-9-11-17(12-10-16)25-22-18-6-3-4-8-20(18)35(31,32)28-22/h3-12,14H,2,13,15H2,1H3,(H,25,28). The number of anilines is 1. The van der Waals surface area contributed by atoms with Crippen molar-refractivity contribution in [2.24, 2.45) is 4.40 Å². The van der Waals surface area contributed by atoms with Crippen LogP contribution in [0.15, 0.2) is 85.1 Å². The Morgan fingerprint density at radius 3 is 2.57 bits per heavy atom. The maximum Gasteiger partial charge on any atom is 0.285 e. The summed E-state index contributed by atoms with van der Waals surface area (Å²) in [6.07, 6.45) is 2.26. The maximum atomic E-state index is 13.2. The van der Waals surface area contributed by atoms with Gasteiger partial charge in [-0.1, -0.05) is 19.1 Å². The second kappa shape index (κ2) is 9.18. The van der Waals surface area contributed by atoms with Gasteiger partial charge in [-0.2, -0.15) is 8.42 Å². The topological polar surface area (TPSA) is 131 Å². The van der Waals surface area contributed by atoms with Crippen molar-refractivity contribution in [2.75, 3.05) is 11.9 Å². The number of amidine groups is 1. The third-order valence-electron chi connectivity index (χ3n) is 5.33. The normalized spacial score (nSPS) is 13.8. The summed E-state index contributed by atoms with van der Waals surface area (Å²) in [6.45, 7) is 2.64. The molecule has 4 aromatic rings. The molecule has 0 spiro atoms. The van der Waals surface area contributed by atoms with Crippen LogP contribution in [0.4, 0.5) is 5.69 Å². The highest BCUT2D eigenvalue weighted by atomic mass is 32.2. The summed E-state index contributed by atoms with van der Waals surface area (Å²) in [5.41, 5.74) is 1.58. The second-order valence-electron chi connectivity index (χ2n) is 7.82. The number of aromatic nitrogens is 2. The van der Waals surface area contributed by atoms with Crippen molar-refractivity contribution in [2.45, 2.75) is 24.8 Å². The summed E-state index contributed by atoms with van der Waals surface area (Å²) in [5, 5.41) is 11.0. The molecule has 0 bridgehead atoms. The van der Waals surface area contributed by atoms with Gasteiger partial charge in [0.2, 0.25) is 5.89 Å². The van der Waals surface area contributed by atoms with E-state index in [9.17, 15) is 13.2 Å². The highest BCUT2D eigenvalue weighted by molar-refractivity contribution is 7.90. The van der Waals surface area contributed by atoms with Crippen molar-refractivity contribution >= 4 is 27.5 Å². The van der Waals surface area contributed by atoms with Crippen molar-refractivity contribution in [3.8, 4) is 11.7 Å². The van der Waals surface area contributed by atoms with E-state index in [2.05, 4.69) is 19.9 Å². The molecule has 0 atom stereocenters. The zero-order valence-electron chi connectivity index (χ0n) is 18.7. The molecule has 1 N–H and O–H groups in total. The minimum Gasteiger partial charge on any atom is -0.459 e. The number of hydrogen-bond donors (Lipinski definition) is 1. The number of rotatable bonds is 7. The molecule has 0 aliphatic carbocycles. The molecule has 2 aromatic carbocycles. The number of amides is 1. The van der Waals surface area contributed by atoms with Gasteiger partial charge in [0.1, 0.15) is 4.90 Å². The molecule has 0 saturated carbocycles. The van der Waals surface area contributed by atoms with E-state index in [0.29, 0.717) is 35.0 Å². The van der Waals surface area contributed by atoms with Gasteiger partial charge >= 0.3 is 0 Å². The number of carbonyl (C=O) groups excluding carboxylic acids is 1. The first-order valence-electron chi connectivity index (χ1n) is 10.9.